The van der Waals surface area contributed by atoms with Crippen LogP contribution in [0.2, 0.25) is 5.02 Å². The zero-order chi connectivity index (χ0) is 54.1. The molecule has 418 valence electrons. The topological polar surface area (TPSA) is 150 Å². The van der Waals surface area contributed by atoms with Crippen LogP contribution in [0.1, 0.15) is 179 Å². The van der Waals surface area contributed by atoms with Crippen LogP contribution in [0.25, 0.3) is 10.9 Å². The second kappa shape index (κ2) is 21.8. The standard InChI is InChI=1S/C60H83ClF2N4O8S/c1-7-57(4)30-47(74-49(70)33-76-39-26-37-17-18-38(27-39)65(37)6)58(5)35(2)19-21-60(22-20-45(68)54(58)60)36(3)55(57)75-48(69)16-14-12-10-8-9-11-13-15-25-73-56(72)41-31-67(44-29-42(44)62)51-40(53(41)71)28-43(63)52(50(51)61)66-32-46(64)59(34-66)23-24-59/h7,28,31,35-39,42,44,46-47,54-55H,1,8-27,29-30,32-34,64H2,2-6H3/t35?,36-,37?,38?,39?,42+,44?,46-,47+,54?,55-,57+,58-,60?/m1/s1. The number of ether oxygens (including phenoxy) is 3. The number of alkyl halides is 1. The number of nitrogens with two attached hydrogens (primary N) is 1. The van der Waals surface area contributed by atoms with Gasteiger partial charge in [0.1, 0.15) is 35.5 Å². The van der Waals surface area contributed by atoms with Gasteiger partial charge in [-0.2, -0.15) is 0 Å². The second-order valence-electron chi connectivity index (χ2n) is 25.6. The number of hydrogen-bond acceptors (Lipinski definition) is 12. The summed E-state index contributed by atoms with van der Waals surface area (Å²) in [6, 6.07) is 1.55. The van der Waals surface area contributed by atoms with Crippen LogP contribution in [0, 0.1) is 45.2 Å². The van der Waals surface area contributed by atoms with E-state index < -0.39 is 52.5 Å². The van der Waals surface area contributed by atoms with Crippen LogP contribution in [0.4, 0.5) is 14.5 Å². The molecule has 0 amide bonds. The minimum atomic E-state index is -1.18. The number of benzene rings is 1. The number of esters is 3. The van der Waals surface area contributed by atoms with Gasteiger partial charge in [0.15, 0.2) is 0 Å². The van der Waals surface area contributed by atoms with Crippen molar-refractivity contribution in [2.24, 2.45) is 45.1 Å². The molecule has 12 nitrogen and oxygen atoms in total. The van der Waals surface area contributed by atoms with E-state index in [-0.39, 0.29) is 99.0 Å². The Kier molecular flexibility index (Phi) is 16.0. The summed E-state index contributed by atoms with van der Waals surface area (Å²) >= 11 is 8.62. The number of nitrogens with zero attached hydrogens (tertiary/aromatic N) is 3. The first-order chi connectivity index (χ1) is 36.2. The van der Waals surface area contributed by atoms with Gasteiger partial charge in [-0.3, -0.25) is 19.2 Å². The van der Waals surface area contributed by atoms with Crippen LogP contribution in [0.15, 0.2) is 29.7 Å². The number of Topliss-reactive ketones (excluding diaryl/α,β-unsaturated/α-hetero) is 1. The van der Waals surface area contributed by atoms with Gasteiger partial charge in [-0.25, -0.2) is 13.6 Å². The highest BCUT2D eigenvalue weighted by Crippen LogP contribution is 2.68. The quantitative estimate of drug-likeness (QED) is 0.0582. The van der Waals surface area contributed by atoms with Crippen molar-refractivity contribution in [3.05, 3.63) is 51.5 Å². The van der Waals surface area contributed by atoms with Gasteiger partial charge < -0.3 is 34.3 Å². The molecular weight excluding hydrogens is 1010 g/mol. The number of aromatic nitrogens is 1. The summed E-state index contributed by atoms with van der Waals surface area (Å²) in [6.07, 6.45) is 18.3. The summed E-state index contributed by atoms with van der Waals surface area (Å²) in [6.45, 7) is 14.1. The van der Waals surface area contributed by atoms with Crippen LogP contribution >= 0.6 is 23.4 Å². The number of hydrogen-bond donors (Lipinski definition) is 1. The highest BCUT2D eigenvalue weighted by atomic mass is 35.5. The van der Waals surface area contributed by atoms with Gasteiger partial charge in [-0.15, -0.1) is 18.3 Å². The van der Waals surface area contributed by atoms with E-state index in [2.05, 4.69) is 46.2 Å². The summed E-state index contributed by atoms with van der Waals surface area (Å²) in [5.74, 6) is -1.65. The van der Waals surface area contributed by atoms with Crippen molar-refractivity contribution in [2.45, 2.75) is 210 Å². The van der Waals surface area contributed by atoms with E-state index in [0.29, 0.717) is 61.9 Å². The molecule has 6 unspecified atom stereocenters. The lowest BCUT2D eigenvalue weighted by atomic mass is 9.44. The number of rotatable bonds is 20. The molecular formula is C60H83ClF2N4O8S. The molecule has 10 rings (SSSR count). The number of ketones is 1. The molecule has 3 saturated heterocycles. The molecule has 16 heteroatoms. The number of anilines is 1. The molecule has 2 aromatic rings. The number of unbranched alkanes of at least 4 members (excludes halogenated alkanes) is 7. The molecule has 4 bridgehead atoms. The monoisotopic (exact) mass is 1090 g/mol. The third kappa shape index (κ3) is 10.2. The molecule has 5 aliphatic carbocycles. The zero-order valence-corrected chi connectivity index (χ0v) is 47.3. The first-order valence-electron chi connectivity index (χ1n) is 29.0. The SMILES string of the molecule is C=C[C@@]1(C)C[C@H](OC(=O)CSC2CC3CCC(C2)N3C)[C@@]2(C)C(C)CCC3(CCC(=O)C32)[C@H](C)[C@H]1OC(=O)CCCCCCCCCCOC(=O)c1cn(C2C[C@@H]2F)c2c(Cl)c(N3C[C@@H](N)C4(CC4)C3)c(F)cc2c1=O. The van der Waals surface area contributed by atoms with Crippen molar-refractivity contribution in [1.82, 2.24) is 9.47 Å². The molecule has 1 spiro atoms. The maximum Gasteiger partial charge on any atom is 0.343 e. The molecule has 1 aromatic heterocycles. The smallest absolute Gasteiger partial charge is 0.343 e. The number of pyridine rings is 1. The lowest BCUT2D eigenvalue weighted by molar-refractivity contribution is -0.212. The van der Waals surface area contributed by atoms with Gasteiger partial charge in [0.05, 0.1) is 40.0 Å². The summed E-state index contributed by atoms with van der Waals surface area (Å²) < 4.78 is 50.8. The highest BCUT2D eigenvalue weighted by Gasteiger charge is 2.69. The fourth-order valence-corrected chi connectivity index (χ4v) is 17.5. The van der Waals surface area contributed by atoms with Crippen LogP contribution in [-0.2, 0) is 28.6 Å². The van der Waals surface area contributed by atoms with Crippen LogP contribution < -0.4 is 16.1 Å². The minimum absolute atomic E-state index is 0.0209. The molecule has 2 N–H and O–H groups in total. The molecule has 5 saturated carbocycles. The van der Waals surface area contributed by atoms with Gasteiger partial charge in [-0.05, 0) is 101 Å². The Morgan fingerprint density at radius 2 is 1.61 bits per heavy atom. The Labute approximate surface area is 457 Å². The lowest BCUT2D eigenvalue weighted by Gasteiger charge is -2.62. The third-order valence-electron chi connectivity index (χ3n) is 21.1. The van der Waals surface area contributed by atoms with Gasteiger partial charge in [0.2, 0.25) is 5.43 Å². The Morgan fingerprint density at radius 1 is 0.934 bits per heavy atom. The van der Waals surface area contributed by atoms with Gasteiger partial charge in [-0.1, -0.05) is 83.9 Å². The van der Waals surface area contributed by atoms with E-state index in [1.807, 2.05) is 11.0 Å². The summed E-state index contributed by atoms with van der Waals surface area (Å²) in [5.41, 5.74) is 4.13. The molecule has 13 atom stereocenters. The van der Waals surface area contributed by atoms with E-state index >= 15 is 4.39 Å². The average molecular weight is 1090 g/mol. The highest BCUT2D eigenvalue weighted by molar-refractivity contribution is 8.00. The van der Waals surface area contributed by atoms with Crippen LogP contribution in [0.3, 0.4) is 0 Å². The molecule has 8 aliphatic rings. The minimum Gasteiger partial charge on any atom is -0.462 e. The maximum absolute atomic E-state index is 15.8. The average Bonchev–Trinajstić information content (AvgIpc) is 4.42. The predicted octanol–water partition coefficient (Wildman–Crippen LogP) is 11.5. The van der Waals surface area contributed by atoms with E-state index in [4.69, 9.17) is 31.5 Å². The molecule has 4 heterocycles. The summed E-state index contributed by atoms with van der Waals surface area (Å²) in [4.78, 5) is 73.5. The van der Waals surface area contributed by atoms with E-state index in [0.717, 1.165) is 89.5 Å². The fourth-order valence-electron chi connectivity index (χ4n) is 15.9. The van der Waals surface area contributed by atoms with Crippen molar-refractivity contribution in [2.75, 3.05) is 37.4 Å². The molecule has 0 radical (unpaired) electrons. The Bertz CT molecular complexity index is 2640. The van der Waals surface area contributed by atoms with Gasteiger partial charge in [0, 0.05) is 90.0 Å². The Balaban J connectivity index is 0.686. The first kappa shape index (κ1) is 55.8. The van der Waals surface area contributed by atoms with Gasteiger partial charge >= 0.3 is 17.9 Å². The number of halogens is 3. The number of fused-ring (bicyclic) bond motifs is 3. The molecule has 3 aliphatic heterocycles. The van der Waals surface area contributed by atoms with E-state index in [9.17, 15) is 28.4 Å². The maximum atomic E-state index is 15.8. The van der Waals surface area contributed by atoms with Gasteiger partial charge in [0.25, 0.3) is 0 Å². The zero-order valence-electron chi connectivity index (χ0n) is 45.7. The largest absolute Gasteiger partial charge is 0.462 e. The number of thioether (sulfide) groups is 1. The number of carbonyl (C=O) groups is 4. The van der Waals surface area contributed by atoms with E-state index in [1.54, 1.807) is 11.8 Å². The fraction of sp³-hybridized carbons (Fsp3) is 0.750. The lowest BCUT2D eigenvalue weighted by Crippen LogP contribution is -2.63. The Morgan fingerprint density at radius 3 is 2.25 bits per heavy atom. The third-order valence-corrected chi connectivity index (χ3v) is 22.8. The number of piperidine rings is 1. The van der Waals surface area contributed by atoms with Crippen molar-refractivity contribution in [1.29, 1.82) is 0 Å². The van der Waals surface area contributed by atoms with Crippen molar-refractivity contribution >= 4 is 63.6 Å². The number of carbonyl (C=O) groups excluding carboxylic acids is 4. The van der Waals surface area contributed by atoms with E-state index in [1.165, 1.54) is 23.6 Å². The van der Waals surface area contributed by atoms with Crippen LogP contribution in [-0.4, -0.2) is 107 Å². The van der Waals surface area contributed by atoms with Crippen molar-refractivity contribution < 1.29 is 42.2 Å². The van der Waals surface area contributed by atoms with Crippen LogP contribution in [0.5, 0.6) is 0 Å². The summed E-state index contributed by atoms with van der Waals surface area (Å²) in [7, 11) is 2.23. The molecule has 8 fully saturated rings. The Hall–Kier alpha value is -3.53. The molecule has 76 heavy (non-hydrogen) atoms. The van der Waals surface area contributed by atoms with Crippen molar-refractivity contribution in [3.8, 4) is 0 Å². The van der Waals surface area contributed by atoms with Crippen molar-refractivity contribution in [3.63, 3.8) is 0 Å². The normalized spacial score (nSPS) is 36.2. The second-order valence-corrected chi connectivity index (χ2v) is 27.2. The predicted molar refractivity (Wildman–Crippen MR) is 294 cm³/mol. The molecule has 1 aromatic carbocycles. The first-order valence-corrected chi connectivity index (χ1v) is 30.4. The summed E-state index contributed by atoms with van der Waals surface area (Å²) in [5, 5.41) is 0.374.